The molecule has 18 heavy (non-hydrogen) atoms. The number of pyridine rings is 1. The fourth-order valence-corrected chi connectivity index (χ4v) is 1.83. The highest BCUT2D eigenvalue weighted by molar-refractivity contribution is 5.18. The summed E-state index contributed by atoms with van der Waals surface area (Å²) in [5.74, 6) is 0. The molecule has 0 aliphatic carbocycles. The second-order valence-corrected chi connectivity index (χ2v) is 4.39. The van der Waals surface area contributed by atoms with Crippen molar-refractivity contribution in [2.24, 2.45) is 0 Å². The van der Waals surface area contributed by atoms with Crippen LogP contribution in [0.4, 0.5) is 0 Å². The first-order valence-electron chi connectivity index (χ1n) is 6.12. The fraction of sp³-hybridized carbons (Fsp3) is 0.267. The molecule has 2 N–H and O–H groups in total. The van der Waals surface area contributed by atoms with Crippen molar-refractivity contribution < 1.29 is 5.11 Å². The molecule has 2 aromatic rings. The highest BCUT2D eigenvalue weighted by atomic mass is 16.3. The summed E-state index contributed by atoms with van der Waals surface area (Å²) in [5.41, 5.74) is 2.05. The Kier molecular flexibility index (Phi) is 4.45. The maximum absolute atomic E-state index is 10.2. The second-order valence-electron chi connectivity index (χ2n) is 4.39. The van der Waals surface area contributed by atoms with Gasteiger partial charge in [-0.25, -0.2) is 0 Å². The molecule has 2 rings (SSSR count). The number of rotatable bonds is 5. The molecular weight excluding hydrogens is 224 g/mol. The van der Waals surface area contributed by atoms with Gasteiger partial charge < -0.3 is 10.4 Å². The molecule has 0 saturated carbocycles. The number of benzene rings is 1. The van der Waals surface area contributed by atoms with E-state index >= 15 is 0 Å². The van der Waals surface area contributed by atoms with Crippen LogP contribution >= 0.6 is 0 Å². The molecule has 1 aromatic heterocycles. The average molecular weight is 242 g/mol. The van der Waals surface area contributed by atoms with Crippen LogP contribution in [-0.2, 0) is 6.54 Å². The Hall–Kier alpha value is -1.71. The molecule has 0 spiro atoms. The summed E-state index contributed by atoms with van der Waals surface area (Å²) in [6.07, 6.45) is 3.09. The van der Waals surface area contributed by atoms with Gasteiger partial charge in [0.15, 0.2) is 0 Å². The van der Waals surface area contributed by atoms with Gasteiger partial charge in [-0.1, -0.05) is 36.4 Å². The zero-order chi connectivity index (χ0) is 12.8. The van der Waals surface area contributed by atoms with Gasteiger partial charge in [-0.3, -0.25) is 4.98 Å². The van der Waals surface area contributed by atoms with Crippen molar-refractivity contribution >= 4 is 0 Å². The van der Waals surface area contributed by atoms with Crippen molar-refractivity contribution in [1.29, 1.82) is 0 Å². The van der Waals surface area contributed by atoms with E-state index in [4.69, 9.17) is 0 Å². The summed E-state index contributed by atoms with van der Waals surface area (Å²) in [4.78, 5) is 4.06. The molecule has 2 atom stereocenters. The number of hydrogen-bond acceptors (Lipinski definition) is 3. The van der Waals surface area contributed by atoms with E-state index in [1.165, 1.54) is 0 Å². The molecule has 3 heteroatoms. The summed E-state index contributed by atoms with van der Waals surface area (Å²) >= 11 is 0. The number of aromatic nitrogens is 1. The molecule has 0 aliphatic heterocycles. The van der Waals surface area contributed by atoms with E-state index in [1.807, 2.05) is 55.6 Å². The van der Waals surface area contributed by atoms with Gasteiger partial charge in [-0.15, -0.1) is 0 Å². The summed E-state index contributed by atoms with van der Waals surface area (Å²) < 4.78 is 0. The highest BCUT2D eigenvalue weighted by Crippen LogP contribution is 2.16. The third-order valence-electron chi connectivity index (χ3n) is 2.97. The van der Waals surface area contributed by atoms with Crippen LogP contribution in [-0.4, -0.2) is 16.1 Å². The van der Waals surface area contributed by atoms with Crippen molar-refractivity contribution in [3.63, 3.8) is 0 Å². The van der Waals surface area contributed by atoms with Crippen molar-refractivity contribution in [2.45, 2.75) is 25.6 Å². The minimum absolute atomic E-state index is 0.00685. The molecule has 0 amide bonds. The molecule has 1 aromatic carbocycles. The van der Waals surface area contributed by atoms with Crippen LogP contribution in [0.1, 0.15) is 24.2 Å². The Morgan fingerprint density at radius 1 is 1.17 bits per heavy atom. The van der Waals surface area contributed by atoms with Crippen molar-refractivity contribution in [1.82, 2.24) is 10.3 Å². The number of nitrogens with one attached hydrogen (secondary N) is 1. The maximum Gasteiger partial charge on any atom is 0.0940 e. The van der Waals surface area contributed by atoms with Crippen molar-refractivity contribution in [2.75, 3.05) is 0 Å². The summed E-state index contributed by atoms with van der Waals surface area (Å²) in [6.45, 7) is 2.69. The first kappa shape index (κ1) is 12.7. The van der Waals surface area contributed by atoms with E-state index in [0.717, 1.165) is 11.1 Å². The first-order chi connectivity index (χ1) is 8.77. The van der Waals surface area contributed by atoms with Gasteiger partial charge in [-0.05, 0) is 24.1 Å². The second kappa shape index (κ2) is 6.28. The molecule has 1 heterocycles. The SMILES string of the molecule is CC(NCc1cccnc1)C(O)c1ccccc1. The van der Waals surface area contributed by atoms with Gasteiger partial charge >= 0.3 is 0 Å². The highest BCUT2D eigenvalue weighted by Gasteiger charge is 2.15. The van der Waals surface area contributed by atoms with Gasteiger partial charge in [0, 0.05) is 25.0 Å². The Morgan fingerprint density at radius 3 is 2.61 bits per heavy atom. The van der Waals surface area contributed by atoms with Gasteiger partial charge in [0.25, 0.3) is 0 Å². The largest absolute Gasteiger partial charge is 0.387 e. The van der Waals surface area contributed by atoms with E-state index in [9.17, 15) is 5.11 Å². The lowest BCUT2D eigenvalue weighted by atomic mass is 10.0. The predicted molar refractivity (Wildman–Crippen MR) is 71.9 cm³/mol. The molecule has 0 radical (unpaired) electrons. The summed E-state index contributed by atoms with van der Waals surface area (Å²) in [6, 6.07) is 13.6. The average Bonchev–Trinajstić information content (AvgIpc) is 2.46. The molecule has 3 nitrogen and oxygen atoms in total. The van der Waals surface area contributed by atoms with Crippen LogP contribution < -0.4 is 5.32 Å². The lowest BCUT2D eigenvalue weighted by Crippen LogP contribution is -2.31. The molecule has 0 fully saturated rings. The standard InChI is InChI=1S/C15H18N2O/c1-12(15(18)14-7-3-2-4-8-14)17-11-13-6-5-9-16-10-13/h2-10,12,15,17-18H,11H2,1H3. The Labute approximate surface area is 108 Å². The van der Waals surface area contributed by atoms with Crippen molar-refractivity contribution in [3.8, 4) is 0 Å². The molecule has 2 unspecified atom stereocenters. The number of aliphatic hydroxyl groups excluding tert-OH is 1. The Morgan fingerprint density at radius 2 is 1.94 bits per heavy atom. The number of aliphatic hydroxyl groups is 1. The zero-order valence-electron chi connectivity index (χ0n) is 10.5. The minimum Gasteiger partial charge on any atom is -0.387 e. The molecule has 0 bridgehead atoms. The molecular formula is C15H18N2O. The maximum atomic E-state index is 10.2. The van der Waals surface area contributed by atoms with Crippen LogP contribution in [0.2, 0.25) is 0 Å². The fourth-order valence-electron chi connectivity index (χ4n) is 1.83. The Balaban J connectivity index is 1.90. The third-order valence-corrected chi connectivity index (χ3v) is 2.97. The quantitative estimate of drug-likeness (QED) is 0.845. The number of nitrogens with zero attached hydrogens (tertiary/aromatic N) is 1. The lowest BCUT2D eigenvalue weighted by Gasteiger charge is -2.20. The summed E-state index contributed by atoms with van der Waals surface area (Å²) in [7, 11) is 0. The smallest absolute Gasteiger partial charge is 0.0940 e. The summed E-state index contributed by atoms with van der Waals surface area (Å²) in [5, 5.41) is 13.5. The lowest BCUT2D eigenvalue weighted by molar-refractivity contribution is 0.135. The minimum atomic E-state index is -0.497. The van der Waals surface area contributed by atoms with Gasteiger partial charge in [0.1, 0.15) is 0 Å². The van der Waals surface area contributed by atoms with Crippen LogP contribution in [0, 0.1) is 0 Å². The van der Waals surface area contributed by atoms with E-state index in [0.29, 0.717) is 6.54 Å². The van der Waals surface area contributed by atoms with E-state index < -0.39 is 6.10 Å². The van der Waals surface area contributed by atoms with E-state index in [-0.39, 0.29) is 6.04 Å². The predicted octanol–water partition coefficient (Wildman–Crippen LogP) is 2.29. The van der Waals surface area contributed by atoms with Crippen LogP contribution in [0.3, 0.4) is 0 Å². The van der Waals surface area contributed by atoms with E-state index in [2.05, 4.69) is 10.3 Å². The number of hydrogen-bond donors (Lipinski definition) is 2. The zero-order valence-corrected chi connectivity index (χ0v) is 10.5. The molecule has 0 saturated heterocycles. The normalized spacial score (nSPS) is 14.1. The first-order valence-corrected chi connectivity index (χ1v) is 6.12. The molecule has 94 valence electrons. The molecule has 0 aliphatic rings. The van der Waals surface area contributed by atoms with Crippen molar-refractivity contribution in [3.05, 3.63) is 66.0 Å². The van der Waals surface area contributed by atoms with Gasteiger partial charge in [-0.2, -0.15) is 0 Å². The van der Waals surface area contributed by atoms with E-state index in [1.54, 1.807) is 6.20 Å². The van der Waals surface area contributed by atoms with Crippen LogP contribution in [0.15, 0.2) is 54.9 Å². The monoisotopic (exact) mass is 242 g/mol. The van der Waals surface area contributed by atoms with Crippen LogP contribution in [0.5, 0.6) is 0 Å². The van der Waals surface area contributed by atoms with Gasteiger partial charge in [0.2, 0.25) is 0 Å². The Bertz CT molecular complexity index is 458. The topological polar surface area (TPSA) is 45.2 Å². The van der Waals surface area contributed by atoms with Crippen LogP contribution in [0.25, 0.3) is 0 Å². The third kappa shape index (κ3) is 3.39. The van der Waals surface area contributed by atoms with Gasteiger partial charge in [0.05, 0.1) is 6.10 Å².